The summed E-state index contributed by atoms with van der Waals surface area (Å²) in [5, 5.41) is 15.0. The number of benzene rings is 2. The third-order valence-corrected chi connectivity index (χ3v) is 7.13. The largest absolute Gasteiger partial charge is 0.480 e. The molecule has 2 amide bonds. The molecule has 7 nitrogen and oxygen atoms in total. The van der Waals surface area contributed by atoms with E-state index in [-0.39, 0.29) is 24.3 Å². The van der Waals surface area contributed by atoms with E-state index in [9.17, 15) is 19.5 Å². The van der Waals surface area contributed by atoms with E-state index in [0.717, 1.165) is 35.1 Å². The Bertz CT molecular complexity index is 1050. The van der Waals surface area contributed by atoms with Crippen molar-refractivity contribution in [1.29, 1.82) is 0 Å². The molecule has 186 valence electrons. The van der Waals surface area contributed by atoms with Crippen molar-refractivity contribution in [2.45, 2.75) is 58.0 Å². The zero-order valence-corrected chi connectivity index (χ0v) is 20.5. The number of hydrogen-bond donors (Lipinski definition) is 3. The second kappa shape index (κ2) is 10.5. The standard InChI is InChI=1S/C28H34N2O5/c1-16(2)25(26(31)30-24(27(32)33)14-18-12-13-18)17(3)29-28(34)35-15-23-21-10-6-4-8-19(21)20-9-5-7-11-22(20)23/h4-11,16-18,23-25H,12-15H2,1-3H3,(H,29,34)(H,30,31)(H,32,33)/t17?,24-,25?/m0/s1. The lowest BCUT2D eigenvalue weighted by Gasteiger charge is -2.28. The van der Waals surface area contributed by atoms with E-state index in [0.29, 0.717) is 12.3 Å². The summed E-state index contributed by atoms with van der Waals surface area (Å²) in [6.07, 6.45) is 1.87. The van der Waals surface area contributed by atoms with Crippen molar-refractivity contribution in [2.24, 2.45) is 17.8 Å². The van der Waals surface area contributed by atoms with Gasteiger partial charge in [-0.3, -0.25) is 4.79 Å². The second-order valence-electron chi connectivity index (χ2n) is 10.1. The molecular formula is C28H34N2O5. The predicted octanol–water partition coefficient (Wildman–Crippen LogP) is 4.56. The lowest BCUT2D eigenvalue weighted by atomic mass is 9.88. The Morgan fingerprint density at radius 1 is 0.943 bits per heavy atom. The van der Waals surface area contributed by atoms with Crippen LogP contribution in [0.15, 0.2) is 48.5 Å². The van der Waals surface area contributed by atoms with Crippen LogP contribution in [-0.2, 0) is 14.3 Å². The second-order valence-corrected chi connectivity index (χ2v) is 10.1. The molecule has 7 heteroatoms. The summed E-state index contributed by atoms with van der Waals surface area (Å²) >= 11 is 0. The zero-order chi connectivity index (χ0) is 25.1. The highest BCUT2D eigenvalue weighted by Gasteiger charge is 2.35. The monoisotopic (exact) mass is 478 g/mol. The topological polar surface area (TPSA) is 105 Å². The molecule has 0 spiro atoms. The summed E-state index contributed by atoms with van der Waals surface area (Å²) in [4.78, 5) is 37.3. The minimum absolute atomic E-state index is 0.0496. The van der Waals surface area contributed by atoms with E-state index in [1.165, 1.54) is 0 Å². The van der Waals surface area contributed by atoms with Gasteiger partial charge in [-0.15, -0.1) is 0 Å². The van der Waals surface area contributed by atoms with Crippen LogP contribution in [0.2, 0.25) is 0 Å². The number of aliphatic carboxylic acids is 1. The highest BCUT2D eigenvalue weighted by Crippen LogP contribution is 2.44. The van der Waals surface area contributed by atoms with Crippen LogP contribution in [0, 0.1) is 17.8 Å². The molecule has 2 aliphatic carbocycles. The molecule has 1 fully saturated rings. The number of carboxylic acid groups (broad SMARTS) is 1. The molecule has 0 bridgehead atoms. The first-order chi connectivity index (χ1) is 16.8. The molecule has 0 saturated heterocycles. The van der Waals surface area contributed by atoms with Crippen molar-refractivity contribution in [3.8, 4) is 11.1 Å². The maximum absolute atomic E-state index is 13.0. The molecule has 2 aromatic carbocycles. The van der Waals surface area contributed by atoms with Gasteiger partial charge >= 0.3 is 12.1 Å². The van der Waals surface area contributed by atoms with Gasteiger partial charge in [-0.2, -0.15) is 0 Å². The van der Waals surface area contributed by atoms with Crippen LogP contribution in [0.1, 0.15) is 57.1 Å². The van der Waals surface area contributed by atoms with E-state index in [2.05, 4.69) is 34.9 Å². The van der Waals surface area contributed by atoms with Crippen molar-refractivity contribution in [3.05, 3.63) is 59.7 Å². The molecule has 0 radical (unpaired) electrons. The van der Waals surface area contributed by atoms with E-state index < -0.39 is 30.1 Å². The number of nitrogens with one attached hydrogen (secondary N) is 2. The summed E-state index contributed by atoms with van der Waals surface area (Å²) in [6.45, 7) is 5.71. The number of rotatable bonds is 10. The summed E-state index contributed by atoms with van der Waals surface area (Å²) in [5.74, 6) is -1.76. The Kier molecular flexibility index (Phi) is 7.43. The Morgan fingerprint density at radius 3 is 2.03 bits per heavy atom. The third kappa shape index (κ3) is 5.66. The first kappa shape index (κ1) is 24.8. The molecule has 3 N–H and O–H groups in total. The van der Waals surface area contributed by atoms with Gasteiger partial charge in [-0.1, -0.05) is 75.2 Å². The Balaban J connectivity index is 1.37. The highest BCUT2D eigenvalue weighted by molar-refractivity contribution is 5.86. The molecule has 1 saturated carbocycles. The van der Waals surface area contributed by atoms with Crippen LogP contribution < -0.4 is 10.6 Å². The lowest BCUT2D eigenvalue weighted by Crippen LogP contribution is -2.51. The van der Waals surface area contributed by atoms with E-state index in [1.807, 2.05) is 38.1 Å². The van der Waals surface area contributed by atoms with E-state index in [1.54, 1.807) is 6.92 Å². The van der Waals surface area contributed by atoms with Crippen molar-refractivity contribution in [2.75, 3.05) is 6.61 Å². The average Bonchev–Trinajstić information content (AvgIpc) is 3.57. The van der Waals surface area contributed by atoms with Crippen molar-refractivity contribution in [1.82, 2.24) is 10.6 Å². The Labute approximate surface area is 206 Å². The minimum atomic E-state index is -1.02. The van der Waals surface area contributed by atoms with Crippen LogP contribution in [0.3, 0.4) is 0 Å². The van der Waals surface area contributed by atoms with E-state index >= 15 is 0 Å². The number of hydrogen-bond acceptors (Lipinski definition) is 4. The maximum atomic E-state index is 13.0. The first-order valence-corrected chi connectivity index (χ1v) is 12.4. The van der Waals surface area contributed by atoms with Gasteiger partial charge in [0.15, 0.2) is 0 Å². The summed E-state index contributed by atoms with van der Waals surface area (Å²) in [5.41, 5.74) is 4.57. The molecule has 0 heterocycles. The summed E-state index contributed by atoms with van der Waals surface area (Å²) in [6, 6.07) is 14.8. The summed E-state index contributed by atoms with van der Waals surface area (Å²) < 4.78 is 5.62. The van der Waals surface area contributed by atoms with Crippen molar-refractivity contribution < 1.29 is 24.2 Å². The minimum Gasteiger partial charge on any atom is -0.480 e. The number of ether oxygens (including phenoxy) is 1. The van der Waals surface area contributed by atoms with Crippen LogP contribution in [-0.4, -0.2) is 41.8 Å². The number of fused-ring (bicyclic) bond motifs is 3. The molecule has 0 aliphatic heterocycles. The van der Waals surface area contributed by atoms with Gasteiger partial charge in [-0.05, 0) is 47.4 Å². The number of carboxylic acids is 1. The fourth-order valence-corrected chi connectivity index (χ4v) is 5.20. The number of carbonyl (C=O) groups is 3. The average molecular weight is 479 g/mol. The lowest BCUT2D eigenvalue weighted by molar-refractivity contribution is -0.143. The first-order valence-electron chi connectivity index (χ1n) is 12.4. The summed E-state index contributed by atoms with van der Waals surface area (Å²) in [7, 11) is 0. The quantitative estimate of drug-likeness (QED) is 0.465. The van der Waals surface area contributed by atoms with Gasteiger partial charge in [0.05, 0.1) is 5.92 Å². The molecule has 0 aromatic heterocycles. The van der Waals surface area contributed by atoms with Crippen molar-refractivity contribution in [3.63, 3.8) is 0 Å². The molecule has 4 rings (SSSR count). The number of alkyl carbamates (subject to hydrolysis) is 1. The van der Waals surface area contributed by atoms with E-state index in [4.69, 9.17) is 4.74 Å². The van der Waals surface area contributed by atoms with Crippen molar-refractivity contribution >= 4 is 18.0 Å². The molecule has 2 aromatic rings. The van der Waals surface area contributed by atoms with Gasteiger partial charge in [0.1, 0.15) is 12.6 Å². The van der Waals surface area contributed by atoms with Crippen LogP contribution in [0.25, 0.3) is 11.1 Å². The molecule has 2 aliphatic rings. The fourth-order valence-electron chi connectivity index (χ4n) is 5.20. The number of amides is 2. The number of carbonyl (C=O) groups excluding carboxylic acids is 2. The third-order valence-electron chi connectivity index (χ3n) is 7.13. The highest BCUT2D eigenvalue weighted by atomic mass is 16.5. The smallest absolute Gasteiger partial charge is 0.407 e. The molecule has 2 unspecified atom stereocenters. The van der Waals surface area contributed by atoms with Crippen LogP contribution >= 0.6 is 0 Å². The van der Waals surface area contributed by atoms with Gasteiger partial charge in [0.2, 0.25) is 5.91 Å². The predicted molar refractivity (Wildman–Crippen MR) is 133 cm³/mol. The van der Waals surface area contributed by atoms with Gasteiger partial charge < -0.3 is 20.5 Å². The van der Waals surface area contributed by atoms with Crippen LogP contribution in [0.5, 0.6) is 0 Å². The molecule has 3 atom stereocenters. The molecule has 35 heavy (non-hydrogen) atoms. The maximum Gasteiger partial charge on any atom is 0.407 e. The zero-order valence-electron chi connectivity index (χ0n) is 20.5. The van der Waals surface area contributed by atoms with Crippen LogP contribution in [0.4, 0.5) is 4.79 Å². The van der Waals surface area contributed by atoms with Gasteiger partial charge in [0, 0.05) is 12.0 Å². The SMILES string of the molecule is CC(C)C(C(=O)N[C@@H](CC1CC1)C(=O)O)C(C)NC(=O)OCC1c2ccccc2-c2ccccc21. The Hall–Kier alpha value is -3.35. The van der Waals surface area contributed by atoms with Gasteiger partial charge in [-0.25, -0.2) is 9.59 Å². The Morgan fingerprint density at radius 2 is 1.51 bits per heavy atom. The van der Waals surface area contributed by atoms with Gasteiger partial charge in [0.25, 0.3) is 0 Å². The normalized spacial score (nSPS) is 17.1. The molecular weight excluding hydrogens is 444 g/mol. The fraction of sp³-hybridized carbons (Fsp3) is 0.464.